The lowest BCUT2D eigenvalue weighted by Crippen LogP contribution is -1.84. The van der Waals surface area contributed by atoms with Crippen molar-refractivity contribution in [1.82, 2.24) is 9.97 Å². The number of allylic oxidation sites excluding steroid dienone is 1. The minimum Gasteiger partial charge on any atom is -0.457 e. The molecule has 26 heavy (non-hydrogen) atoms. The molecule has 0 bridgehead atoms. The second-order valence-corrected chi connectivity index (χ2v) is 5.84. The number of hydrogen-bond acceptors (Lipinski definition) is 3. The van der Waals surface area contributed by atoms with E-state index in [0.29, 0.717) is 17.2 Å². The number of benzene rings is 2. The molecule has 2 aromatic heterocycles. The maximum Gasteiger partial charge on any atom is 0.149 e. The van der Waals surface area contributed by atoms with Crippen LogP contribution in [0.2, 0.25) is 0 Å². The Bertz CT molecular complexity index is 1080. The molecule has 0 amide bonds. The van der Waals surface area contributed by atoms with E-state index in [2.05, 4.69) is 16.0 Å². The molecular formula is C21H16ClN3O. The van der Waals surface area contributed by atoms with Gasteiger partial charge in [-0.2, -0.15) is 5.26 Å². The van der Waals surface area contributed by atoms with Crippen LogP contribution in [0.1, 0.15) is 17.1 Å². The van der Waals surface area contributed by atoms with Gasteiger partial charge in [0.2, 0.25) is 0 Å². The molecule has 0 aliphatic carbocycles. The van der Waals surface area contributed by atoms with Crippen LogP contribution in [0.25, 0.3) is 34.0 Å². The molecule has 4 rings (SSSR count). The number of fused-ring (bicyclic) bond motifs is 1. The van der Waals surface area contributed by atoms with Crippen molar-refractivity contribution in [2.24, 2.45) is 0 Å². The van der Waals surface area contributed by atoms with Gasteiger partial charge in [0, 0.05) is 11.6 Å². The monoisotopic (exact) mass is 361 g/mol. The Labute approximate surface area is 157 Å². The van der Waals surface area contributed by atoms with Crippen LogP contribution < -0.4 is 0 Å². The SMILES string of the molecule is Cc1ccc(-c2ccc(C=C(C#N)c3nc4ccccc4[nH]3)o2)cc1.Cl. The van der Waals surface area contributed by atoms with Crippen molar-refractivity contribution < 1.29 is 4.42 Å². The van der Waals surface area contributed by atoms with Crippen LogP contribution in [0.3, 0.4) is 0 Å². The van der Waals surface area contributed by atoms with Crippen LogP contribution >= 0.6 is 12.4 Å². The number of rotatable bonds is 3. The smallest absolute Gasteiger partial charge is 0.149 e. The molecule has 0 fully saturated rings. The third-order valence-electron chi connectivity index (χ3n) is 4.01. The van der Waals surface area contributed by atoms with E-state index in [4.69, 9.17) is 4.42 Å². The predicted octanol–water partition coefficient (Wildman–Crippen LogP) is 5.62. The predicted molar refractivity (Wildman–Crippen MR) is 106 cm³/mol. The number of nitriles is 1. The molecule has 4 nitrogen and oxygen atoms in total. The number of H-pyrrole nitrogens is 1. The first-order valence-electron chi connectivity index (χ1n) is 7.97. The van der Waals surface area contributed by atoms with Crippen molar-refractivity contribution >= 4 is 35.1 Å². The molecule has 0 atom stereocenters. The van der Waals surface area contributed by atoms with Gasteiger partial charge < -0.3 is 9.40 Å². The summed E-state index contributed by atoms with van der Waals surface area (Å²) >= 11 is 0. The molecule has 128 valence electrons. The Hall–Kier alpha value is -3.29. The number of para-hydroxylation sites is 2. The number of furan rings is 1. The molecule has 2 heterocycles. The highest BCUT2D eigenvalue weighted by Crippen LogP contribution is 2.25. The number of nitrogens with one attached hydrogen (secondary N) is 1. The molecular weight excluding hydrogens is 346 g/mol. The molecule has 0 aliphatic heterocycles. The molecule has 4 aromatic rings. The molecule has 0 saturated heterocycles. The Morgan fingerprint density at radius 1 is 1.08 bits per heavy atom. The zero-order valence-corrected chi connectivity index (χ0v) is 14.9. The summed E-state index contributed by atoms with van der Waals surface area (Å²) in [6.07, 6.45) is 1.70. The number of aromatic nitrogens is 2. The fourth-order valence-electron chi connectivity index (χ4n) is 2.68. The van der Waals surface area contributed by atoms with Crippen LogP contribution in [0.4, 0.5) is 0 Å². The maximum absolute atomic E-state index is 9.50. The minimum absolute atomic E-state index is 0. The van der Waals surface area contributed by atoms with E-state index in [-0.39, 0.29) is 12.4 Å². The molecule has 0 unspecified atom stereocenters. The van der Waals surface area contributed by atoms with E-state index >= 15 is 0 Å². The van der Waals surface area contributed by atoms with E-state index in [0.717, 1.165) is 22.4 Å². The van der Waals surface area contributed by atoms with Crippen molar-refractivity contribution in [3.8, 4) is 17.4 Å². The topological polar surface area (TPSA) is 65.6 Å². The fourth-order valence-corrected chi connectivity index (χ4v) is 2.68. The molecule has 5 heteroatoms. The van der Waals surface area contributed by atoms with Gasteiger partial charge in [0.1, 0.15) is 23.4 Å². The van der Waals surface area contributed by atoms with Crippen LogP contribution in [0.5, 0.6) is 0 Å². The average Bonchev–Trinajstić information content (AvgIpc) is 3.27. The largest absolute Gasteiger partial charge is 0.457 e. The third-order valence-corrected chi connectivity index (χ3v) is 4.01. The lowest BCUT2D eigenvalue weighted by Gasteiger charge is -1.97. The number of nitrogens with zero attached hydrogens (tertiary/aromatic N) is 2. The summed E-state index contributed by atoms with van der Waals surface area (Å²) in [7, 11) is 0. The van der Waals surface area contributed by atoms with E-state index in [1.54, 1.807) is 6.08 Å². The Morgan fingerprint density at radius 2 is 1.85 bits per heavy atom. The highest BCUT2D eigenvalue weighted by atomic mass is 35.5. The second kappa shape index (κ2) is 7.30. The van der Waals surface area contributed by atoms with Gasteiger partial charge in [-0.3, -0.25) is 0 Å². The summed E-state index contributed by atoms with van der Waals surface area (Å²) in [5.74, 6) is 1.93. The van der Waals surface area contributed by atoms with Gasteiger partial charge in [0.15, 0.2) is 0 Å². The average molecular weight is 362 g/mol. The number of hydrogen-bond donors (Lipinski definition) is 1. The van der Waals surface area contributed by atoms with Gasteiger partial charge in [-0.05, 0) is 31.2 Å². The number of aromatic amines is 1. The fraction of sp³-hybridized carbons (Fsp3) is 0.0476. The summed E-state index contributed by atoms with van der Waals surface area (Å²) in [6, 6.07) is 21.8. The van der Waals surface area contributed by atoms with Crippen LogP contribution in [0, 0.1) is 18.3 Å². The first-order valence-corrected chi connectivity index (χ1v) is 7.97. The molecule has 0 saturated carbocycles. The quantitative estimate of drug-likeness (QED) is 0.482. The Kier molecular flexibility index (Phi) is 4.92. The second-order valence-electron chi connectivity index (χ2n) is 5.84. The standard InChI is InChI=1S/C21H15N3O.ClH/c1-14-6-8-15(9-7-14)20-11-10-17(25-20)12-16(13-22)21-23-18-4-2-3-5-19(18)24-21;/h2-12H,1H3,(H,23,24);1H. The van der Waals surface area contributed by atoms with Crippen LogP contribution in [-0.2, 0) is 0 Å². The Balaban J connectivity index is 0.00000196. The van der Waals surface area contributed by atoms with Gasteiger partial charge in [0.05, 0.1) is 16.6 Å². The highest BCUT2D eigenvalue weighted by molar-refractivity contribution is 5.89. The minimum atomic E-state index is 0. The van der Waals surface area contributed by atoms with E-state index in [1.165, 1.54) is 5.56 Å². The van der Waals surface area contributed by atoms with Gasteiger partial charge in [-0.15, -0.1) is 12.4 Å². The summed E-state index contributed by atoms with van der Waals surface area (Å²) in [4.78, 5) is 7.63. The van der Waals surface area contributed by atoms with Crippen molar-refractivity contribution in [3.05, 3.63) is 77.8 Å². The molecule has 2 aromatic carbocycles. The normalized spacial score (nSPS) is 11.2. The van der Waals surface area contributed by atoms with Crippen molar-refractivity contribution in [2.45, 2.75) is 6.92 Å². The zero-order valence-electron chi connectivity index (χ0n) is 14.1. The van der Waals surface area contributed by atoms with Crippen molar-refractivity contribution in [1.29, 1.82) is 5.26 Å². The zero-order chi connectivity index (χ0) is 17.2. The summed E-state index contributed by atoms with van der Waals surface area (Å²) < 4.78 is 5.87. The van der Waals surface area contributed by atoms with Crippen LogP contribution in [0.15, 0.2) is 65.1 Å². The number of aryl methyl sites for hydroxylation is 1. The molecule has 0 aliphatic rings. The summed E-state index contributed by atoms with van der Waals surface area (Å²) in [6.45, 7) is 2.05. The first kappa shape index (κ1) is 17.5. The summed E-state index contributed by atoms with van der Waals surface area (Å²) in [5, 5.41) is 9.50. The van der Waals surface area contributed by atoms with Crippen LogP contribution in [-0.4, -0.2) is 9.97 Å². The molecule has 0 spiro atoms. The molecule has 1 N–H and O–H groups in total. The Morgan fingerprint density at radius 3 is 2.58 bits per heavy atom. The summed E-state index contributed by atoms with van der Waals surface area (Å²) in [5.41, 5.74) is 4.37. The first-order chi connectivity index (χ1) is 12.2. The van der Waals surface area contributed by atoms with E-state index in [9.17, 15) is 5.26 Å². The molecule has 0 radical (unpaired) electrons. The van der Waals surface area contributed by atoms with Gasteiger partial charge in [0.25, 0.3) is 0 Å². The number of imidazole rings is 1. The van der Waals surface area contributed by atoms with Gasteiger partial charge in [-0.25, -0.2) is 4.98 Å². The number of halogens is 1. The van der Waals surface area contributed by atoms with E-state index in [1.807, 2.05) is 67.6 Å². The van der Waals surface area contributed by atoms with Gasteiger partial charge in [-0.1, -0.05) is 42.0 Å². The lowest BCUT2D eigenvalue weighted by molar-refractivity contribution is 0.572. The lowest BCUT2D eigenvalue weighted by atomic mass is 10.1. The van der Waals surface area contributed by atoms with Crippen molar-refractivity contribution in [2.75, 3.05) is 0 Å². The maximum atomic E-state index is 9.50. The third kappa shape index (κ3) is 3.39. The highest BCUT2D eigenvalue weighted by Gasteiger charge is 2.09. The van der Waals surface area contributed by atoms with Gasteiger partial charge >= 0.3 is 0 Å². The van der Waals surface area contributed by atoms with Crippen molar-refractivity contribution in [3.63, 3.8) is 0 Å². The van der Waals surface area contributed by atoms with E-state index < -0.39 is 0 Å².